The van der Waals surface area contributed by atoms with Gasteiger partial charge in [-0.15, -0.1) is 0 Å². The zero-order chi connectivity index (χ0) is 24.2. The minimum Gasteiger partial charge on any atom is -0.282 e. The van der Waals surface area contributed by atoms with Gasteiger partial charge in [0.2, 0.25) is 0 Å². The van der Waals surface area contributed by atoms with Crippen LogP contribution >= 0.6 is 0 Å². The van der Waals surface area contributed by atoms with Crippen molar-refractivity contribution in [3.8, 4) is 0 Å². The Kier molecular flexibility index (Phi) is 6.00. The van der Waals surface area contributed by atoms with Crippen molar-refractivity contribution in [2.75, 3.05) is 4.90 Å². The van der Waals surface area contributed by atoms with E-state index in [2.05, 4.69) is 9.97 Å². The van der Waals surface area contributed by atoms with Crippen molar-refractivity contribution in [2.45, 2.75) is 13.1 Å². The molecule has 0 radical (unpaired) electrons. The highest BCUT2D eigenvalue weighted by atomic mass is 16.2. The minimum atomic E-state index is -0.589. The normalized spacial score (nSPS) is 10.9. The number of hydrogen-bond donors (Lipinski definition) is 0. The molecule has 0 fully saturated rings. The van der Waals surface area contributed by atoms with E-state index in [4.69, 9.17) is 0 Å². The number of para-hydroxylation sites is 2. The molecule has 0 saturated carbocycles. The number of fused-ring (bicyclic) bond motifs is 1. The van der Waals surface area contributed by atoms with Gasteiger partial charge in [-0.25, -0.2) is 9.78 Å². The first-order valence-corrected chi connectivity index (χ1v) is 11.0. The second-order valence-corrected chi connectivity index (χ2v) is 7.89. The fourth-order valence-corrected chi connectivity index (χ4v) is 4.01. The van der Waals surface area contributed by atoms with Crippen LogP contribution in [0.25, 0.3) is 11.0 Å². The molecular weight excluding hydrogens is 442 g/mol. The summed E-state index contributed by atoms with van der Waals surface area (Å²) in [6.45, 7) is -0.259. The molecular formula is C27H21N5O3. The molecule has 0 bridgehead atoms. The number of rotatable bonds is 6. The van der Waals surface area contributed by atoms with Gasteiger partial charge in [-0.05, 0) is 48.0 Å². The fourth-order valence-electron chi connectivity index (χ4n) is 4.01. The summed E-state index contributed by atoms with van der Waals surface area (Å²) in [4.78, 5) is 50.2. The van der Waals surface area contributed by atoms with Crippen LogP contribution in [0, 0.1) is 0 Å². The van der Waals surface area contributed by atoms with E-state index in [0.29, 0.717) is 22.5 Å². The highest BCUT2D eigenvalue weighted by molar-refractivity contribution is 6.00. The zero-order valence-electron chi connectivity index (χ0n) is 18.7. The lowest BCUT2D eigenvalue weighted by Gasteiger charge is -2.24. The lowest BCUT2D eigenvalue weighted by molar-refractivity contribution is -0.118. The predicted octanol–water partition coefficient (Wildman–Crippen LogP) is 3.37. The number of aromatic nitrogens is 4. The van der Waals surface area contributed by atoms with Gasteiger partial charge in [0.15, 0.2) is 5.52 Å². The van der Waals surface area contributed by atoms with Crippen LogP contribution in [0.2, 0.25) is 0 Å². The van der Waals surface area contributed by atoms with Gasteiger partial charge in [0.25, 0.3) is 11.5 Å². The number of carbonyl (C=O) groups is 1. The third-order valence-corrected chi connectivity index (χ3v) is 5.62. The van der Waals surface area contributed by atoms with Crippen LogP contribution in [0.1, 0.15) is 5.56 Å². The van der Waals surface area contributed by atoms with Crippen LogP contribution in [0.3, 0.4) is 0 Å². The molecule has 2 aromatic carbocycles. The molecule has 5 rings (SSSR count). The Morgan fingerprint density at radius 3 is 2.06 bits per heavy atom. The third kappa shape index (κ3) is 4.37. The van der Waals surface area contributed by atoms with Crippen molar-refractivity contribution >= 4 is 28.3 Å². The molecule has 1 amide bonds. The van der Waals surface area contributed by atoms with Crippen molar-refractivity contribution in [2.24, 2.45) is 0 Å². The SMILES string of the molecule is O=C(Cn1c(=O)n(Cc2cccnc2)c(=O)c2ncccc21)N(c1ccccc1)c1ccccc1. The van der Waals surface area contributed by atoms with E-state index in [1.807, 2.05) is 60.7 Å². The van der Waals surface area contributed by atoms with E-state index in [9.17, 15) is 14.4 Å². The number of anilines is 2. The second-order valence-electron chi connectivity index (χ2n) is 7.89. The molecule has 0 atom stereocenters. The van der Waals surface area contributed by atoms with Crippen LogP contribution in [0.4, 0.5) is 11.4 Å². The van der Waals surface area contributed by atoms with Gasteiger partial charge in [0, 0.05) is 30.0 Å². The van der Waals surface area contributed by atoms with E-state index in [-0.39, 0.29) is 24.5 Å². The summed E-state index contributed by atoms with van der Waals surface area (Å²) in [6, 6.07) is 25.2. The topological polar surface area (TPSA) is 90.1 Å². The van der Waals surface area contributed by atoms with Crippen LogP contribution < -0.4 is 16.1 Å². The maximum atomic E-state index is 13.7. The van der Waals surface area contributed by atoms with Gasteiger partial charge < -0.3 is 0 Å². The largest absolute Gasteiger partial charge is 0.332 e. The number of hydrogen-bond acceptors (Lipinski definition) is 5. The highest BCUT2D eigenvalue weighted by Gasteiger charge is 2.22. The van der Waals surface area contributed by atoms with Crippen molar-refractivity contribution < 1.29 is 4.79 Å². The summed E-state index contributed by atoms with van der Waals surface area (Å²) in [5.41, 5.74) is 1.35. The predicted molar refractivity (Wildman–Crippen MR) is 134 cm³/mol. The minimum absolute atomic E-state index is 0.0211. The molecule has 8 nitrogen and oxygen atoms in total. The van der Waals surface area contributed by atoms with E-state index >= 15 is 0 Å². The Morgan fingerprint density at radius 2 is 1.43 bits per heavy atom. The van der Waals surface area contributed by atoms with E-state index in [0.717, 1.165) is 4.57 Å². The lowest BCUT2D eigenvalue weighted by atomic mass is 10.2. The summed E-state index contributed by atoms with van der Waals surface area (Å²) in [7, 11) is 0. The molecule has 0 unspecified atom stereocenters. The number of carbonyl (C=O) groups excluding carboxylic acids is 1. The summed E-state index contributed by atoms with van der Waals surface area (Å²) in [5, 5.41) is 0. The van der Waals surface area contributed by atoms with Crippen LogP contribution in [-0.2, 0) is 17.9 Å². The number of pyridine rings is 2. The quantitative estimate of drug-likeness (QED) is 0.385. The standard InChI is InChI=1S/C27H21N5O3/c33-24(32(21-10-3-1-4-11-21)22-12-5-2-6-13-22)19-30-23-14-8-16-29-25(23)26(34)31(27(30)35)18-20-9-7-15-28-17-20/h1-17H,18-19H2. The molecule has 0 aliphatic carbocycles. The highest BCUT2D eigenvalue weighted by Crippen LogP contribution is 2.25. The summed E-state index contributed by atoms with van der Waals surface area (Å²) < 4.78 is 2.40. The molecule has 172 valence electrons. The smallest absolute Gasteiger partial charge is 0.282 e. The van der Waals surface area contributed by atoms with Gasteiger partial charge >= 0.3 is 5.69 Å². The maximum Gasteiger partial charge on any atom is 0.332 e. The van der Waals surface area contributed by atoms with Crippen LogP contribution in [-0.4, -0.2) is 25.0 Å². The lowest BCUT2D eigenvalue weighted by Crippen LogP contribution is -2.43. The molecule has 0 spiro atoms. The first kappa shape index (κ1) is 22.0. The number of amides is 1. The Hall–Kier alpha value is -4.85. The molecule has 0 aliphatic rings. The van der Waals surface area contributed by atoms with Crippen molar-refractivity contribution in [1.82, 2.24) is 19.1 Å². The van der Waals surface area contributed by atoms with Gasteiger partial charge in [0.1, 0.15) is 6.54 Å². The first-order chi connectivity index (χ1) is 17.1. The monoisotopic (exact) mass is 463 g/mol. The van der Waals surface area contributed by atoms with E-state index in [1.54, 1.807) is 41.6 Å². The molecule has 0 aliphatic heterocycles. The molecule has 3 heterocycles. The van der Waals surface area contributed by atoms with Crippen molar-refractivity contribution in [3.05, 3.63) is 130 Å². The summed E-state index contributed by atoms with van der Waals surface area (Å²) >= 11 is 0. The zero-order valence-corrected chi connectivity index (χ0v) is 18.7. The van der Waals surface area contributed by atoms with Gasteiger partial charge in [-0.2, -0.15) is 0 Å². The van der Waals surface area contributed by atoms with Gasteiger partial charge in [-0.3, -0.25) is 28.6 Å². The molecule has 3 aromatic heterocycles. The van der Waals surface area contributed by atoms with Gasteiger partial charge in [-0.1, -0.05) is 42.5 Å². The van der Waals surface area contributed by atoms with E-state index < -0.39 is 11.2 Å². The number of benzene rings is 2. The Labute approximate surface area is 200 Å². The molecule has 35 heavy (non-hydrogen) atoms. The average Bonchev–Trinajstić information content (AvgIpc) is 2.91. The summed E-state index contributed by atoms with van der Waals surface area (Å²) in [6.07, 6.45) is 4.71. The Balaban J connectivity index is 1.63. The van der Waals surface area contributed by atoms with Crippen molar-refractivity contribution in [3.63, 3.8) is 0 Å². The Bertz CT molecular complexity index is 1560. The average molecular weight is 463 g/mol. The Morgan fingerprint density at radius 1 is 0.771 bits per heavy atom. The molecule has 0 saturated heterocycles. The summed E-state index contributed by atoms with van der Waals surface area (Å²) in [5.74, 6) is -0.332. The first-order valence-electron chi connectivity index (χ1n) is 11.0. The van der Waals surface area contributed by atoms with E-state index in [1.165, 1.54) is 10.8 Å². The molecule has 0 N–H and O–H groups in total. The maximum absolute atomic E-state index is 13.7. The van der Waals surface area contributed by atoms with Gasteiger partial charge in [0.05, 0.1) is 12.1 Å². The fraction of sp³-hybridized carbons (Fsp3) is 0.0741. The van der Waals surface area contributed by atoms with Crippen LogP contribution in [0.5, 0.6) is 0 Å². The molecule has 8 heteroatoms. The van der Waals surface area contributed by atoms with Crippen LogP contribution in [0.15, 0.2) is 113 Å². The second kappa shape index (κ2) is 9.56. The third-order valence-electron chi connectivity index (χ3n) is 5.62. The number of nitrogens with zero attached hydrogens (tertiary/aromatic N) is 5. The van der Waals surface area contributed by atoms with Crippen molar-refractivity contribution in [1.29, 1.82) is 0 Å². The molecule has 5 aromatic rings.